The largest absolute Gasteiger partial charge is 0.307 e. The van der Waals surface area contributed by atoms with E-state index < -0.39 is 0 Å². The number of rotatable bonds is 6. The summed E-state index contributed by atoms with van der Waals surface area (Å²) in [6.07, 6.45) is 0. The van der Waals surface area contributed by atoms with Crippen molar-refractivity contribution in [2.75, 3.05) is 0 Å². The molecule has 8 aromatic carbocycles. The van der Waals surface area contributed by atoms with E-state index in [9.17, 15) is 0 Å². The van der Waals surface area contributed by atoms with Crippen LogP contribution in [0.2, 0.25) is 0 Å². The number of hydrogen-bond donors (Lipinski definition) is 0. The first kappa shape index (κ1) is 31.9. The molecule has 0 aliphatic carbocycles. The average Bonchev–Trinajstić information content (AvgIpc) is 3.80. The van der Waals surface area contributed by atoms with Gasteiger partial charge in [-0.05, 0) is 59.7 Å². The Morgan fingerprint density at radius 2 is 0.589 bits per heavy atom. The molecule has 0 fully saturated rings. The maximum Gasteiger partial charge on any atom is 0.164 e. The molecule has 0 radical (unpaired) electrons. The minimum Gasteiger partial charge on any atom is -0.307 e. The van der Waals surface area contributed by atoms with Crippen molar-refractivity contribution in [2.24, 2.45) is 0 Å². The minimum atomic E-state index is 0.626. The summed E-state index contributed by atoms with van der Waals surface area (Å²) in [6, 6.07) is 70.3. The molecule has 3 aromatic heterocycles. The highest BCUT2D eigenvalue weighted by Gasteiger charge is 2.21. The summed E-state index contributed by atoms with van der Waals surface area (Å²) >= 11 is 0. The highest BCUT2D eigenvalue weighted by molar-refractivity contribution is 6.23. The molecule has 0 saturated heterocycles. The third-order valence-electron chi connectivity index (χ3n) is 10.8. The Hall–Kier alpha value is -7.63. The summed E-state index contributed by atoms with van der Waals surface area (Å²) in [4.78, 5) is 15.1. The molecule has 0 spiro atoms. The van der Waals surface area contributed by atoms with Gasteiger partial charge in [0.2, 0.25) is 0 Å². The lowest BCUT2D eigenvalue weighted by molar-refractivity contribution is 1.07. The molecule has 0 aliphatic heterocycles. The molecule has 0 bridgehead atoms. The summed E-state index contributed by atoms with van der Waals surface area (Å²) in [5.74, 6) is 1.90. The first-order valence-corrected chi connectivity index (χ1v) is 18.9. The van der Waals surface area contributed by atoms with Crippen LogP contribution >= 0.6 is 0 Å². The van der Waals surface area contributed by atoms with Crippen molar-refractivity contribution in [2.45, 2.75) is 0 Å². The number of benzene rings is 8. The van der Waals surface area contributed by atoms with Gasteiger partial charge in [0.25, 0.3) is 0 Å². The normalized spacial score (nSPS) is 11.6. The van der Waals surface area contributed by atoms with Gasteiger partial charge in [-0.1, -0.05) is 152 Å². The lowest BCUT2D eigenvalue weighted by Crippen LogP contribution is -2.01. The van der Waals surface area contributed by atoms with Crippen molar-refractivity contribution in [1.29, 1.82) is 0 Å². The SMILES string of the molecule is c1ccc(-c2ccc(-c3nc(-c4ccccc4)nc(-c4ccc(-n5c6ccccc6c6ccc7c8ccccc8n(-c8ccccc8)c7c65)cc4)n3)cc2)cc1. The first-order chi connectivity index (χ1) is 27.8. The van der Waals surface area contributed by atoms with Crippen molar-refractivity contribution in [3.63, 3.8) is 0 Å². The van der Waals surface area contributed by atoms with E-state index in [-0.39, 0.29) is 0 Å². The maximum absolute atomic E-state index is 5.07. The molecule has 0 N–H and O–H groups in total. The van der Waals surface area contributed by atoms with Gasteiger partial charge in [-0.2, -0.15) is 0 Å². The van der Waals surface area contributed by atoms with E-state index in [2.05, 4.69) is 173 Å². The second-order valence-corrected chi connectivity index (χ2v) is 14.1. The molecule has 11 rings (SSSR count). The maximum atomic E-state index is 5.07. The van der Waals surface area contributed by atoms with Gasteiger partial charge in [0.1, 0.15) is 0 Å². The highest BCUT2D eigenvalue weighted by atomic mass is 15.1. The Labute approximate surface area is 323 Å². The Kier molecular flexibility index (Phi) is 7.42. The number of para-hydroxylation sites is 3. The second kappa shape index (κ2) is 13.0. The van der Waals surface area contributed by atoms with Gasteiger partial charge >= 0.3 is 0 Å². The predicted molar refractivity (Wildman–Crippen MR) is 230 cm³/mol. The Balaban J connectivity index is 1.09. The van der Waals surface area contributed by atoms with E-state index in [1.165, 1.54) is 43.7 Å². The number of hydrogen-bond acceptors (Lipinski definition) is 3. The van der Waals surface area contributed by atoms with Crippen LogP contribution in [0.3, 0.4) is 0 Å². The summed E-state index contributed by atoms with van der Waals surface area (Å²) in [5, 5.41) is 4.88. The molecule has 3 heterocycles. The van der Waals surface area contributed by atoms with Crippen LogP contribution in [0.5, 0.6) is 0 Å². The fourth-order valence-corrected chi connectivity index (χ4v) is 8.17. The average molecular weight is 716 g/mol. The van der Waals surface area contributed by atoms with E-state index in [1.807, 2.05) is 36.4 Å². The van der Waals surface area contributed by atoms with Gasteiger partial charge < -0.3 is 9.13 Å². The summed E-state index contributed by atoms with van der Waals surface area (Å²) in [5.41, 5.74) is 12.0. The predicted octanol–water partition coefficient (Wildman–Crippen LogP) is 12.7. The van der Waals surface area contributed by atoms with Crippen molar-refractivity contribution < 1.29 is 0 Å². The van der Waals surface area contributed by atoms with Crippen LogP contribution < -0.4 is 0 Å². The van der Waals surface area contributed by atoms with E-state index in [0.717, 1.165) is 39.1 Å². The van der Waals surface area contributed by atoms with Crippen LogP contribution in [0, 0.1) is 0 Å². The molecule has 11 aromatic rings. The molecule has 56 heavy (non-hydrogen) atoms. The third-order valence-corrected chi connectivity index (χ3v) is 10.8. The Morgan fingerprint density at radius 1 is 0.250 bits per heavy atom. The van der Waals surface area contributed by atoms with Crippen molar-refractivity contribution in [3.05, 3.63) is 200 Å². The summed E-state index contributed by atoms with van der Waals surface area (Å²) in [7, 11) is 0. The zero-order chi connectivity index (χ0) is 37.0. The van der Waals surface area contributed by atoms with Gasteiger partial charge in [-0.15, -0.1) is 0 Å². The smallest absolute Gasteiger partial charge is 0.164 e. The van der Waals surface area contributed by atoms with E-state index >= 15 is 0 Å². The number of nitrogens with zero attached hydrogens (tertiary/aromatic N) is 5. The first-order valence-electron chi connectivity index (χ1n) is 18.9. The molecule has 0 atom stereocenters. The van der Waals surface area contributed by atoms with Crippen LogP contribution in [0.25, 0.3) is 100 Å². The highest BCUT2D eigenvalue weighted by Crippen LogP contribution is 2.42. The zero-order valence-electron chi connectivity index (χ0n) is 30.3. The summed E-state index contributed by atoms with van der Waals surface area (Å²) < 4.78 is 4.83. The molecule has 5 heteroatoms. The number of fused-ring (bicyclic) bond motifs is 7. The van der Waals surface area contributed by atoms with Crippen LogP contribution in [0.1, 0.15) is 0 Å². The molecule has 0 aliphatic rings. The minimum absolute atomic E-state index is 0.626. The van der Waals surface area contributed by atoms with Crippen LogP contribution in [0.15, 0.2) is 200 Å². The van der Waals surface area contributed by atoms with E-state index in [4.69, 9.17) is 15.0 Å². The molecule has 0 saturated carbocycles. The topological polar surface area (TPSA) is 48.5 Å². The van der Waals surface area contributed by atoms with Gasteiger partial charge in [-0.3, -0.25) is 0 Å². The molecular weight excluding hydrogens is 683 g/mol. The Morgan fingerprint density at radius 3 is 1.09 bits per heavy atom. The van der Waals surface area contributed by atoms with Crippen molar-refractivity contribution in [3.8, 4) is 56.7 Å². The molecule has 262 valence electrons. The third kappa shape index (κ3) is 5.21. The molecule has 0 unspecified atom stereocenters. The quantitative estimate of drug-likeness (QED) is 0.172. The summed E-state index contributed by atoms with van der Waals surface area (Å²) in [6.45, 7) is 0. The van der Waals surface area contributed by atoms with Crippen molar-refractivity contribution >= 4 is 43.6 Å². The monoisotopic (exact) mass is 715 g/mol. The van der Waals surface area contributed by atoms with Gasteiger partial charge in [0, 0.05) is 49.6 Å². The lowest BCUT2D eigenvalue weighted by Gasteiger charge is -2.13. The van der Waals surface area contributed by atoms with Crippen LogP contribution in [-0.2, 0) is 0 Å². The molecule has 0 amide bonds. The number of aromatic nitrogens is 5. The molecular formula is C51H33N5. The second-order valence-electron chi connectivity index (χ2n) is 14.1. The van der Waals surface area contributed by atoms with Gasteiger partial charge in [0.05, 0.1) is 22.1 Å². The van der Waals surface area contributed by atoms with Crippen molar-refractivity contribution in [1.82, 2.24) is 24.1 Å². The van der Waals surface area contributed by atoms with E-state index in [1.54, 1.807) is 0 Å². The fraction of sp³-hybridized carbons (Fsp3) is 0. The fourth-order valence-electron chi connectivity index (χ4n) is 8.17. The standard InChI is InChI=1S/C51H33N5/c1-4-14-34(15-5-1)35-24-26-37(27-25-35)50-52-49(36-16-6-2-7-17-36)53-51(54-50)38-28-30-40(31-29-38)56-46-23-13-11-21-42(46)44-33-32-43-41-20-10-12-22-45(41)55(47(43)48(44)56)39-18-8-3-9-19-39/h1-33H. The van der Waals surface area contributed by atoms with Gasteiger partial charge in [0.15, 0.2) is 17.5 Å². The van der Waals surface area contributed by atoms with E-state index in [0.29, 0.717) is 17.5 Å². The van der Waals surface area contributed by atoms with Crippen LogP contribution in [-0.4, -0.2) is 24.1 Å². The zero-order valence-corrected chi connectivity index (χ0v) is 30.3. The van der Waals surface area contributed by atoms with Gasteiger partial charge in [-0.25, -0.2) is 15.0 Å². The molecule has 5 nitrogen and oxygen atoms in total. The Bertz CT molecular complexity index is 3200. The van der Waals surface area contributed by atoms with Crippen LogP contribution in [0.4, 0.5) is 0 Å². The lowest BCUT2D eigenvalue weighted by atomic mass is 10.0.